The van der Waals surface area contributed by atoms with E-state index >= 15 is 0 Å². The number of hydrogen-bond donors (Lipinski definition) is 1. The molecule has 0 radical (unpaired) electrons. The average Bonchev–Trinajstić information content (AvgIpc) is 3.62. The number of pyridine rings is 1. The highest BCUT2D eigenvalue weighted by atomic mass is 32.1. The number of hydrogen-bond acceptors (Lipinski definition) is 8. The molecule has 3 aromatic heterocycles. The molecule has 0 bridgehead atoms. The predicted octanol–water partition coefficient (Wildman–Crippen LogP) is 5.47. The molecule has 1 aliphatic heterocycles. The fraction of sp³-hybridized carbons (Fsp3) is 0.310. The van der Waals surface area contributed by atoms with Crippen LogP contribution < -0.4 is 14.4 Å². The third-order valence-corrected chi connectivity index (χ3v) is 7.61. The number of imidazole rings is 1. The quantitative estimate of drug-likeness (QED) is 0.178. The molecule has 39 heavy (non-hydrogen) atoms. The fourth-order valence-corrected chi connectivity index (χ4v) is 5.40. The normalized spacial score (nSPS) is 17.0. The van der Waals surface area contributed by atoms with Crippen molar-refractivity contribution in [1.82, 2.24) is 14.4 Å². The highest BCUT2D eigenvalue weighted by Crippen LogP contribution is 2.44. The van der Waals surface area contributed by atoms with Crippen molar-refractivity contribution in [1.29, 1.82) is 0 Å². The Labute approximate surface area is 230 Å². The number of aliphatic hydroxyl groups excluding tert-OH is 1. The number of anilines is 1. The Kier molecular flexibility index (Phi) is 7.14. The average molecular weight is 547 g/mol. The van der Waals surface area contributed by atoms with E-state index in [1.807, 2.05) is 36.6 Å². The number of rotatable bonds is 8. The molecule has 4 heterocycles. The molecule has 202 valence electrons. The number of aryl methyl sites for hydroxylation is 2. The summed E-state index contributed by atoms with van der Waals surface area (Å²) < 4.78 is 13.4. The van der Waals surface area contributed by atoms with Gasteiger partial charge in [-0.05, 0) is 55.5 Å². The van der Waals surface area contributed by atoms with Crippen molar-refractivity contribution in [2.75, 3.05) is 18.6 Å². The number of aliphatic hydroxyl groups is 1. The van der Waals surface area contributed by atoms with E-state index in [0.29, 0.717) is 46.1 Å². The lowest BCUT2D eigenvalue weighted by Crippen LogP contribution is -2.29. The van der Waals surface area contributed by atoms with Gasteiger partial charge in [0.15, 0.2) is 22.4 Å². The minimum Gasteiger partial charge on any atom is -0.505 e. The zero-order chi connectivity index (χ0) is 27.8. The number of Topliss-reactive ketones (excluding diaryl/α,β-unsaturated/α-hetero) is 1. The first-order valence-electron chi connectivity index (χ1n) is 12.7. The Balaban J connectivity index is 1.67. The molecule has 1 aliphatic rings. The van der Waals surface area contributed by atoms with E-state index in [4.69, 9.17) is 9.47 Å². The van der Waals surface area contributed by atoms with Crippen LogP contribution in [0.4, 0.5) is 5.13 Å². The molecule has 10 heteroatoms. The van der Waals surface area contributed by atoms with Gasteiger partial charge in [-0.1, -0.05) is 26.0 Å². The highest BCUT2D eigenvalue weighted by molar-refractivity contribution is 7.14. The van der Waals surface area contributed by atoms with Gasteiger partial charge in [0.25, 0.3) is 5.78 Å². The maximum Gasteiger partial charge on any atom is 0.301 e. The standard InChI is InChI=1S/C29H30N4O5S/c1-16(2)10-13-38-20-9-8-19(15-21(20)37-5)24-22(26(35)28(36)33(24)29-30-11-14-39-29)25(34)23-18(4)32-12-6-7-17(3)27(32)31-23/h6-9,11-12,14-16,24,34H,10,13H2,1-5H3/b25-22+. The Morgan fingerprint density at radius 2 is 1.97 bits per heavy atom. The largest absolute Gasteiger partial charge is 0.505 e. The van der Waals surface area contributed by atoms with Crippen molar-refractivity contribution in [2.45, 2.75) is 40.2 Å². The SMILES string of the molecule is COc1cc(C2/C(=C(\O)c3nc4c(C)cccn4c3C)C(=O)C(=O)N2c2nccs2)ccc1OCCC(C)C. The first-order valence-corrected chi connectivity index (χ1v) is 13.6. The minimum absolute atomic E-state index is 0.0603. The number of ether oxygens (including phenoxy) is 2. The van der Waals surface area contributed by atoms with E-state index in [1.54, 1.807) is 29.8 Å². The van der Waals surface area contributed by atoms with Gasteiger partial charge in [-0.15, -0.1) is 11.3 Å². The van der Waals surface area contributed by atoms with Crippen molar-refractivity contribution in [3.05, 3.63) is 76.2 Å². The maximum atomic E-state index is 13.5. The van der Waals surface area contributed by atoms with Crippen LogP contribution in [0.2, 0.25) is 0 Å². The second kappa shape index (κ2) is 10.5. The number of nitrogens with zero attached hydrogens (tertiary/aromatic N) is 4. The molecule has 1 N–H and O–H groups in total. The summed E-state index contributed by atoms with van der Waals surface area (Å²) in [6.07, 6.45) is 4.29. The first-order chi connectivity index (χ1) is 18.7. The van der Waals surface area contributed by atoms with Crippen molar-refractivity contribution < 1.29 is 24.2 Å². The second-order valence-corrected chi connectivity index (χ2v) is 10.7. The number of amides is 1. The van der Waals surface area contributed by atoms with Crippen molar-refractivity contribution in [2.24, 2.45) is 5.92 Å². The van der Waals surface area contributed by atoms with Crippen LogP contribution in [0.15, 0.2) is 53.7 Å². The van der Waals surface area contributed by atoms with E-state index in [1.165, 1.54) is 23.3 Å². The first kappa shape index (κ1) is 26.4. The summed E-state index contributed by atoms with van der Waals surface area (Å²) in [5.74, 6) is -0.419. The summed E-state index contributed by atoms with van der Waals surface area (Å²) in [6.45, 7) is 8.50. The van der Waals surface area contributed by atoms with Crippen LogP contribution in [0.3, 0.4) is 0 Å². The molecule has 1 unspecified atom stereocenters. The third-order valence-electron chi connectivity index (χ3n) is 6.83. The maximum absolute atomic E-state index is 13.5. The fourth-order valence-electron chi connectivity index (χ4n) is 4.73. The van der Waals surface area contributed by atoms with Gasteiger partial charge in [-0.3, -0.25) is 14.5 Å². The number of ketones is 1. The Morgan fingerprint density at radius 3 is 2.64 bits per heavy atom. The Bertz CT molecular complexity index is 1590. The number of aromatic nitrogens is 3. The molecule has 0 spiro atoms. The van der Waals surface area contributed by atoms with Crippen LogP contribution in [-0.4, -0.2) is 44.9 Å². The van der Waals surface area contributed by atoms with E-state index in [0.717, 1.165) is 12.0 Å². The zero-order valence-electron chi connectivity index (χ0n) is 22.5. The minimum atomic E-state index is -0.944. The van der Waals surface area contributed by atoms with Gasteiger partial charge in [0.2, 0.25) is 0 Å². The lowest BCUT2D eigenvalue weighted by Gasteiger charge is -2.23. The summed E-state index contributed by atoms with van der Waals surface area (Å²) in [5.41, 5.74) is 2.97. The van der Waals surface area contributed by atoms with Gasteiger partial charge in [-0.2, -0.15) is 0 Å². The van der Waals surface area contributed by atoms with Crippen LogP contribution in [0.25, 0.3) is 11.4 Å². The lowest BCUT2D eigenvalue weighted by atomic mass is 9.96. The number of benzene rings is 1. The predicted molar refractivity (Wildman–Crippen MR) is 150 cm³/mol. The lowest BCUT2D eigenvalue weighted by molar-refractivity contribution is -0.132. The van der Waals surface area contributed by atoms with Gasteiger partial charge in [0.1, 0.15) is 11.3 Å². The number of thiazole rings is 1. The highest BCUT2D eigenvalue weighted by Gasteiger charge is 2.48. The Morgan fingerprint density at radius 1 is 1.18 bits per heavy atom. The molecule has 1 fully saturated rings. The molecule has 1 amide bonds. The van der Waals surface area contributed by atoms with Crippen LogP contribution in [-0.2, 0) is 9.59 Å². The molecular weight excluding hydrogens is 516 g/mol. The molecule has 0 aliphatic carbocycles. The second-order valence-electron chi connectivity index (χ2n) is 9.86. The molecular formula is C29H30N4O5S. The van der Waals surface area contributed by atoms with Gasteiger partial charge in [-0.25, -0.2) is 9.97 Å². The Hall–Kier alpha value is -4.18. The van der Waals surface area contributed by atoms with Crippen LogP contribution in [0, 0.1) is 19.8 Å². The number of carbonyl (C=O) groups excluding carboxylic acids is 2. The molecule has 1 saturated heterocycles. The number of carbonyl (C=O) groups is 2. The van der Waals surface area contributed by atoms with Crippen molar-refractivity contribution in [3.63, 3.8) is 0 Å². The van der Waals surface area contributed by atoms with Gasteiger partial charge >= 0.3 is 5.91 Å². The van der Waals surface area contributed by atoms with E-state index < -0.39 is 17.7 Å². The summed E-state index contributed by atoms with van der Waals surface area (Å²) in [6, 6.07) is 8.13. The van der Waals surface area contributed by atoms with E-state index in [-0.39, 0.29) is 17.0 Å². The van der Waals surface area contributed by atoms with Crippen LogP contribution in [0.1, 0.15) is 48.8 Å². The molecule has 1 aromatic carbocycles. The van der Waals surface area contributed by atoms with Crippen LogP contribution >= 0.6 is 11.3 Å². The summed E-state index contributed by atoms with van der Waals surface area (Å²) in [5, 5.41) is 13.7. The summed E-state index contributed by atoms with van der Waals surface area (Å²) >= 11 is 1.23. The molecule has 0 saturated carbocycles. The molecule has 4 aromatic rings. The van der Waals surface area contributed by atoms with Crippen molar-refractivity contribution >= 4 is 39.6 Å². The van der Waals surface area contributed by atoms with Gasteiger partial charge < -0.3 is 19.0 Å². The number of methoxy groups -OCH3 is 1. The molecule has 1 atom stereocenters. The summed E-state index contributed by atoms with van der Waals surface area (Å²) in [7, 11) is 1.54. The van der Waals surface area contributed by atoms with Gasteiger partial charge in [0, 0.05) is 17.8 Å². The number of fused-ring (bicyclic) bond motifs is 1. The van der Waals surface area contributed by atoms with Crippen molar-refractivity contribution in [3.8, 4) is 11.5 Å². The zero-order valence-corrected chi connectivity index (χ0v) is 23.3. The third kappa shape index (κ3) is 4.65. The summed E-state index contributed by atoms with van der Waals surface area (Å²) in [4.78, 5) is 37.2. The van der Waals surface area contributed by atoms with E-state index in [9.17, 15) is 14.7 Å². The smallest absolute Gasteiger partial charge is 0.301 e. The monoisotopic (exact) mass is 546 g/mol. The topological polar surface area (TPSA) is 106 Å². The van der Waals surface area contributed by atoms with E-state index in [2.05, 4.69) is 23.8 Å². The van der Waals surface area contributed by atoms with Crippen LogP contribution in [0.5, 0.6) is 11.5 Å². The molecule has 9 nitrogen and oxygen atoms in total. The molecule has 5 rings (SSSR count). The van der Waals surface area contributed by atoms with Gasteiger partial charge in [0.05, 0.1) is 31.0 Å².